The number of benzene rings is 2. The normalized spacial score (nSPS) is 18.6. The quantitative estimate of drug-likeness (QED) is 0.599. The van der Waals surface area contributed by atoms with Crippen molar-refractivity contribution in [2.45, 2.75) is 51.6 Å². The maximum Gasteiger partial charge on any atom is 0.264 e. The van der Waals surface area contributed by atoms with Gasteiger partial charge in [-0.1, -0.05) is 67.4 Å². The topological polar surface area (TPSA) is 57.6 Å². The number of rotatable bonds is 7. The first kappa shape index (κ1) is 20.7. The first-order valence-electron chi connectivity index (χ1n) is 9.75. The second kappa shape index (κ2) is 8.18. The minimum absolute atomic E-state index is 0.241. The van der Waals surface area contributed by atoms with E-state index in [0.29, 0.717) is 29.3 Å². The molecular weight excluding hydrogens is 418 g/mol. The molecular formula is C23H26BrNO3. The minimum Gasteiger partial charge on any atom is -0.375 e. The molecule has 0 aromatic heterocycles. The number of carbonyl (C=O) groups excluding carboxylic acids is 2. The predicted molar refractivity (Wildman–Crippen MR) is 115 cm³/mol. The fourth-order valence-electron chi connectivity index (χ4n) is 3.62. The Labute approximate surface area is 174 Å². The van der Waals surface area contributed by atoms with E-state index in [4.69, 9.17) is 0 Å². The Morgan fingerprint density at radius 1 is 1.18 bits per heavy atom. The van der Waals surface area contributed by atoms with Gasteiger partial charge in [-0.2, -0.15) is 0 Å². The first-order valence-corrected chi connectivity index (χ1v) is 10.5. The lowest BCUT2D eigenvalue weighted by molar-refractivity contribution is -0.135. The van der Waals surface area contributed by atoms with Crippen molar-refractivity contribution in [3.8, 4) is 0 Å². The summed E-state index contributed by atoms with van der Waals surface area (Å²) >= 11 is 3.42. The second-order valence-corrected chi connectivity index (χ2v) is 8.62. The van der Waals surface area contributed by atoms with Gasteiger partial charge < -0.3 is 10.0 Å². The van der Waals surface area contributed by atoms with Crippen LogP contribution in [0.3, 0.4) is 0 Å². The average Bonchev–Trinajstić information content (AvgIpc) is 2.87. The van der Waals surface area contributed by atoms with E-state index in [1.54, 1.807) is 23.1 Å². The monoisotopic (exact) mass is 443 g/mol. The molecule has 0 spiro atoms. The molecule has 5 heteroatoms. The number of halogens is 1. The van der Waals surface area contributed by atoms with Crippen molar-refractivity contribution in [2.75, 3.05) is 11.4 Å². The minimum atomic E-state index is -1.83. The molecule has 2 aromatic carbocycles. The standard InChI is InChI=1S/C23H26BrNO3/c1-4-5-12-25-20-11-10-18(24)13-19(20)23(28,22(25)27)14-21(26)17-8-6-16(7-9-17)15(2)3/h6-11,13,15,28H,4-5,12,14H2,1-3H3/t23-/m0/s1. The van der Waals surface area contributed by atoms with Crippen molar-refractivity contribution in [3.05, 3.63) is 63.6 Å². The van der Waals surface area contributed by atoms with Gasteiger partial charge in [-0.15, -0.1) is 0 Å². The van der Waals surface area contributed by atoms with Crippen LogP contribution in [0.4, 0.5) is 5.69 Å². The van der Waals surface area contributed by atoms with Gasteiger partial charge in [0.05, 0.1) is 12.1 Å². The molecule has 0 saturated heterocycles. The lowest BCUT2D eigenvalue weighted by Gasteiger charge is -2.23. The highest BCUT2D eigenvalue weighted by Gasteiger charge is 2.50. The number of carbonyl (C=O) groups is 2. The summed E-state index contributed by atoms with van der Waals surface area (Å²) in [6.45, 7) is 6.77. The average molecular weight is 444 g/mol. The van der Waals surface area contributed by atoms with Gasteiger partial charge in [0.15, 0.2) is 11.4 Å². The van der Waals surface area contributed by atoms with E-state index in [-0.39, 0.29) is 12.2 Å². The number of nitrogens with zero attached hydrogens (tertiary/aromatic N) is 1. The maximum absolute atomic E-state index is 13.1. The highest BCUT2D eigenvalue weighted by Crippen LogP contribution is 2.44. The molecule has 1 atom stereocenters. The summed E-state index contributed by atoms with van der Waals surface area (Å²) < 4.78 is 0.767. The number of hydrogen-bond acceptors (Lipinski definition) is 3. The zero-order chi connectivity index (χ0) is 20.5. The van der Waals surface area contributed by atoms with E-state index in [9.17, 15) is 14.7 Å². The molecule has 4 nitrogen and oxygen atoms in total. The number of hydrogen-bond donors (Lipinski definition) is 1. The zero-order valence-corrected chi connectivity index (χ0v) is 18.1. The van der Waals surface area contributed by atoms with Crippen LogP contribution in [0.25, 0.3) is 0 Å². The van der Waals surface area contributed by atoms with E-state index >= 15 is 0 Å². The fourth-order valence-corrected chi connectivity index (χ4v) is 3.98. The number of anilines is 1. The van der Waals surface area contributed by atoms with E-state index in [2.05, 4.69) is 36.7 Å². The van der Waals surface area contributed by atoms with Crippen molar-refractivity contribution >= 4 is 33.3 Å². The van der Waals surface area contributed by atoms with Crippen molar-refractivity contribution in [3.63, 3.8) is 0 Å². The van der Waals surface area contributed by atoms with E-state index in [1.165, 1.54) is 0 Å². The number of Topliss-reactive ketones (excluding diaryl/α,β-unsaturated/α-hetero) is 1. The highest BCUT2D eigenvalue weighted by atomic mass is 79.9. The summed E-state index contributed by atoms with van der Waals surface area (Å²) in [5, 5.41) is 11.3. The summed E-state index contributed by atoms with van der Waals surface area (Å²) in [6, 6.07) is 12.8. The molecule has 148 valence electrons. The van der Waals surface area contributed by atoms with Crippen LogP contribution >= 0.6 is 15.9 Å². The highest BCUT2D eigenvalue weighted by molar-refractivity contribution is 9.10. The molecule has 0 unspecified atom stereocenters. The fraction of sp³-hybridized carbons (Fsp3) is 0.391. The van der Waals surface area contributed by atoms with Crippen LogP contribution in [0.5, 0.6) is 0 Å². The Morgan fingerprint density at radius 2 is 1.86 bits per heavy atom. The van der Waals surface area contributed by atoms with Gasteiger partial charge >= 0.3 is 0 Å². The summed E-state index contributed by atoms with van der Waals surface area (Å²) in [5.41, 5.74) is 1.00. The molecule has 2 aromatic rings. The third-order valence-electron chi connectivity index (χ3n) is 5.34. The van der Waals surface area contributed by atoms with Crippen LogP contribution < -0.4 is 4.90 Å². The molecule has 0 aliphatic carbocycles. The van der Waals surface area contributed by atoms with Gasteiger partial charge in [-0.25, -0.2) is 0 Å². The molecule has 1 aliphatic rings. The van der Waals surface area contributed by atoms with Crippen LogP contribution in [-0.2, 0) is 10.4 Å². The third-order valence-corrected chi connectivity index (χ3v) is 5.84. The molecule has 3 rings (SSSR count). The third kappa shape index (κ3) is 3.78. The lowest BCUT2D eigenvalue weighted by atomic mass is 9.87. The SMILES string of the molecule is CCCCN1C(=O)[C@](O)(CC(=O)c2ccc(C(C)C)cc2)c2cc(Br)ccc21. The first-order chi connectivity index (χ1) is 13.3. The molecule has 0 saturated carbocycles. The van der Waals surface area contributed by atoms with Crippen LogP contribution in [0, 0.1) is 0 Å². The Bertz CT molecular complexity index is 891. The number of unbranched alkanes of at least 4 members (excludes halogenated alkanes) is 1. The van der Waals surface area contributed by atoms with Crippen LogP contribution in [0.2, 0.25) is 0 Å². The molecule has 1 N–H and O–H groups in total. The summed E-state index contributed by atoms with van der Waals surface area (Å²) in [4.78, 5) is 27.6. The van der Waals surface area contributed by atoms with Crippen LogP contribution in [0.15, 0.2) is 46.9 Å². The summed E-state index contributed by atoms with van der Waals surface area (Å²) in [5.74, 6) is -0.281. The van der Waals surface area contributed by atoms with Gasteiger partial charge in [-0.05, 0) is 36.1 Å². The Hall–Kier alpha value is -1.98. The smallest absolute Gasteiger partial charge is 0.264 e. The van der Waals surface area contributed by atoms with Crippen molar-refractivity contribution in [2.24, 2.45) is 0 Å². The zero-order valence-electron chi connectivity index (χ0n) is 16.5. The largest absolute Gasteiger partial charge is 0.375 e. The molecule has 0 fully saturated rings. The molecule has 0 bridgehead atoms. The molecule has 0 radical (unpaired) electrons. The van der Waals surface area contributed by atoms with E-state index in [0.717, 1.165) is 22.9 Å². The number of fused-ring (bicyclic) bond motifs is 1. The van der Waals surface area contributed by atoms with Crippen molar-refractivity contribution < 1.29 is 14.7 Å². The molecule has 1 heterocycles. The van der Waals surface area contributed by atoms with E-state index in [1.807, 2.05) is 24.3 Å². The molecule has 1 amide bonds. The van der Waals surface area contributed by atoms with Gasteiger partial charge in [0.25, 0.3) is 5.91 Å². The van der Waals surface area contributed by atoms with Gasteiger partial charge in [0.2, 0.25) is 0 Å². The second-order valence-electron chi connectivity index (χ2n) is 7.71. The Kier molecular flexibility index (Phi) is 6.06. The van der Waals surface area contributed by atoms with Gasteiger partial charge in [0, 0.05) is 22.1 Å². The molecule has 1 aliphatic heterocycles. The Morgan fingerprint density at radius 3 is 2.46 bits per heavy atom. The number of ketones is 1. The van der Waals surface area contributed by atoms with Crippen LogP contribution in [-0.4, -0.2) is 23.3 Å². The number of aliphatic hydroxyl groups is 1. The van der Waals surface area contributed by atoms with Gasteiger partial charge in [-0.3, -0.25) is 9.59 Å². The van der Waals surface area contributed by atoms with Gasteiger partial charge in [0.1, 0.15) is 0 Å². The van der Waals surface area contributed by atoms with Crippen LogP contribution in [0.1, 0.15) is 67.4 Å². The van der Waals surface area contributed by atoms with Crippen molar-refractivity contribution in [1.29, 1.82) is 0 Å². The lowest BCUT2D eigenvalue weighted by Crippen LogP contribution is -2.42. The van der Waals surface area contributed by atoms with E-state index < -0.39 is 11.5 Å². The maximum atomic E-state index is 13.1. The predicted octanol–water partition coefficient (Wildman–Crippen LogP) is 5.18. The summed E-state index contributed by atoms with van der Waals surface area (Å²) in [7, 11) is 0. The van der Waals surface area contributed by atoms with Crippen molar-refractivity contribution in [1.82, 2.24) is 0 Å². The number of amides is 1. The molecule has 28 heavy (non-hydrogen) atoms. The summed E-state index contributed by atoms with van der Waals surface area (Å²) in [6.07, 6.45) is 1.51. The Balaban J connectivity index is 1.92.